The number of ether oxygens (including phenoxy) is 1. The molecule has 1 aromatic rings. The number of hydrogen-bond acceptors (Lipinski definition) is 5. The first-order valence-corrected chi connectivity index (χ1v) is 7.51. The van der Waals surface area contributed by atoms with Crippen LogP contribution in [0.4, 0.5) is 11.4 Å². The van der Waals surface area contributed by atoms with Crippen LogP contribution in [0.1, 0.15) is 13.8 Å². The Kier molecular flexibility index (Phi) is 6.56. The Morgan fingerprint density at radius 3 is 2.71 bits per heavy atom. The fraction of sp³-hybridized carbons (Fsp3) is 0.357. The Hall–Kier alpha value is -2.20. The number of amidine groups is 1. The molecule has 0 aromatic heterocycles. The number of methoxy groups -OCH3 is 1. The molecule has 0 radical (unpaired) electrons. The average Bonchev–Trinajstić information content (AvgIpc) is 2.47. The van der Waals surface area contributed by atoms with Crippen molar-refractivity contribution < 1.29 is 9.53 Å². The number of hydrogen-bond donors (Lipinski definition) is 2. The summed E-state index contributed by atoms with van der Waals surface area (Å²) in [5, 5.41) is 14.4. The van der Waals surface area contributed by atoms with E-state index < -0.39 is 0 Å². The summed E-state index contributed by atoms with van der Waals surface area (Å²) >= 11 is 1.31. The van der Waals surface area contributed by atoms with Gasteiger partial charge in [0.1, 0.15) is 5.75 Å². The first-order valence-electron chi connectivity index (χ1n) is 6.28. The molecule has 1 aromatic carbocycles. The molecule has 1 rings (SSSR count). The summed E-state index contributed by atoms with van der Waals surface area (Å²) in [6.07, 6.45) is 3.63. The van der Waals surface area contributed by atoms with Crippen molar-refractivity contribution in [2.75, 3.05) is 18.7 Å². The van der Waals surface area contributed by atoms with Crippen molar-refractivity contribution in [3.05, 3.63) is 18.2 Å². The predicted octanol–water partition coefficient (Wildman–Crippen LogP) is 2.71. The number of benzene rings is 1. The highest BCUT2D eigenvalue weighted by atomic mass is 32.2. The van der Waals surface area contributed by atoms with Crippen LogP contribution < -0.4 is 15.4 Å². The fourth-order valence-electron chi connectivity index (χ4n) is 1.40. The molecule has 0 bridgehead atoms. The minimum atomic E-state index is -0.148. The summed E-state index contributed by atoms with van der Waals surface area (Å²) in [6.45, 7) is 3.62. The molecule has 0 saturated heterocycles. The molecule has 0 saturated carbocycles. The molecule has 0 aliphatic rings. The van der Waals surface area contributed by atoms with E-state index in [1.54, 1.807) is 31.6 Å². The molecule has 0 aliphatic heterocycles. The van der Waals surface area contributed by atoms with Gasteiger partial charge in [0.05, 0.1) is 18.5 Å². The van der Waals surface area contributed by atoms with Gasteiger partial charge in [-0.1, -0.05) is 25.6 Å². The maximum Gasteiger partial charge on any atom is 0.226 e. The second-order valence-electron chi connectivity index (χ2n) is 4.38. The minimum absolute atomic E-state index is 0.112. The number of nitriles is 1. The van der Waals surface area contributed by atoms with E-state index in [4.69, 9.17) is 10.00 Å². The molecule has 0 heterocycles. The highest BCUT2D eigenvalue weighted by Gasteiger charge is 2.12. The number of carbonyl (C=O) groups is 1. The first kappa shape index (κ1) is 16.9. The summed E-state index contributed by atoms with van der Waals surface area (Å²) in [6, 6.07) is 5.17. The summed E-state index contributed by atoms with van der Waals surface area (Å²) < 4.78 is 5.16. The zero-order valence-electron chi connectivity index (χ0n) is 12.4. The molecule has 0 unspecified atom stereocenters. The van der Waals surface area contributed by atoms with Crippen LogP contribution in [0.2, 0.25) is 0 Å². The van der Waals surface area contributed by atoms with Crippen LogP contribution in [0.5, 0.6) is 5.75 Å². The monoisotopic (exact) mass is 306 g/mol. The lowest BCUT2D eigenvalue weighted by atomic mass is 10.2. The van der Waals surface area contributed by atoms with Crippen molar-refractivity contribution in [2.24, 2.45) is 10.9 Å². The summed E-state index contributed by atoms with van der Waals surface area (Å²) in [5.74, 6) is 0.357. The first-order chi connectivity index (χ1) is 10.0. The van der Waals surface area contributed by atoms with Crippen molar-refractivity contribution in [3.8, 4) is 11.9 Å². The summed E-state index contributed by atoms with van der Waals surface area (Å²) in [4.78, 5) is 16.2. The van der Waals surface area contributed by atoms with Crippen molar-refractivity contribution in [2.45, 2.75) is 13.8 Å². The predicted molar refractivity (Wildman–Crippen MR) is 85.8 cm³/mol. The Bertz CT molecular complexity index is 579. The van der Waals surface area contributed by atoms with Crippen LogP contribution in [-0.4, -0.2) is 24.4 Å². The van der Waals surface area contributed by atoms with E-state index in [9.17, 15) is 4.79 Å². The van der Waals surface area contributed by atoms with Gasteiger partial charge in [0, 0.05) is 12.0 Å². The van der Waals surface area contributed by atoms with Crippen LogP contribution in [0, 0.1) is 17.4 Å². The van der Waals surface area contributed by atoms with Crippen LogP contribution in [0.25, 0.3) is 0 Å². The second kappa shape index (κ2) is 8.17. The number of rotatable bonds is 4. The molecule has 0 aliphatic carbocycles. The third-order valence-electron chi connectivity index (χ3n) is 2.56. The Morgan fingerprint density at radius 2 is 2.19 bits per heavy atom. The molecule has 7 heteroatoms. The molecule has 21 heavy (non-hydrogen) atoms. The Labute approximate surface area is 128 Å². The number of amides is 1. The number of anilines is 1. The van der Waals surface area contributed by atoms with E-state index in [2.05, 4.69) is 15.6 Å². The zero-order chi connectivity index (χ0) is 15.8. The quantitative estimate of drug-likeness (QED) is 0.386. The van der Waals surface area contributed by atoms with Gasteiger partial charge in [0.2, 0.25) is 5.91 Å². The summed E-state index contributed by atoms with van der Waals surface area (Å²) in [5.41, 5.74) is 1.09. The van der Waals surface area contributed by atoms with Gasteiger partial charge >= 0.3 is 0 Å². The van der Waals surface area contributed by atoms with Crippen LogP contribution in [-0.2, 0) is 4.79 Å². The molecule has 0 spiro atoms. The topological polar surface area (TPSA) is 86.5 Å². The molecule has 0 fully saturated rings. The Morgan fingerprint density at radius 1 is 1.48 bits per heavy atom. The summed E-state index contributed by atoms with van der Waals surface area (Å²) in [7, 11) is 1.55. The van der Waals surface area contributed by atoms with Crippen LogP contribution in [0.15, 0.2) is 23.2 Å². The maximum atomic E-state index is 11.9. The number of carbonyl (C=O) groups excluding carboxylic acids is 1. The molecule has 1 amide bonds. The van der Waals surface area contributed by atoms with Gasteiger partial charge in [-0.2, -0.15) is 5.26 Å². The van der Waals surface area contributed by atoms with Gasteiger partial charge in [0.25, 0.3) is 0 Å². The van der Waals surface area contributed by atoms with Crippen molar-refractivity contribution >= 4 is 34.2 Å². The molecule has 2 N–H and O–H groups in total. The highest BCUT2D eigenvalue weighted by Crippen LogP contribution is 2.30. The van der Waals surface area contributed by atoms with Gasteiger partial charge < -0.3 is 10.1 Å². The molecule has 0 atom stereocenters. The van der Waals surface area contributed by atoms with E-state index in [0.29, 0.717) is 22.3 Å². The van der Waals surface area contributed by atoms with Crippen molar-refractivity contribution in [1.82, 2.24) is 5.32 Å². The van der Waals surface area contributed by atoms with Gasteiger partial charge in [-0.3, -0.25) is 10.1 Å². The lowest BCUT2D eigenvalue weighted by molar-refractivity contribution is -0.118. The second-order valence-corrected chi connectivity index (χ2v) is 5.18. The standard InChI is InChI=1S/C14H18N4O2S/c1-9(2)13(19)17-12-7-10(20-3)5-6-11(12)18-14(21-4)16-8-15/h5-7,9H,1-4H3,(H,16,18)(H,17,19). The van der Waals surface area contributed by atoms with Gasteiger partial charge in [-0.05, 0) is 18.4 Å². The average molecular weight is 306 g/mol. The molecule has 6 nitrogen and oxygen atoms in total. The van der Waals surface area contributed by atoms with E-state index in [1.165, 1.54) is 11.8 Å². The molecule has 112 valence electrons. The van der Waals surface area contributed by atoms with Crippen LogP contribution >= 0.6 is 11.8 Å². The maximum absolute atomic E-state index is 11.9. The van der Waals surface area contributed by atoms with Gasteiger partial charge in [0.15, 0.2) is 11.4 Å². The van der Waals surface area contributed by atoms with Crippen molar-refractivity contribution in [3.63, 3.8) is 0 Å². The smallest absolute Gasteiger partial charge is 0.226 e. The third-order valence-corrected chi connectivity index (χ3v) is 3.14. The molecular weight excluding hydrogens is 288 g/mol. The lowest BCUT2D eigenvalue weighted by Crippen LogP contribution is -2.18. The van der Waals surface area contributed by atoms with Crippen LogP contribution in [0.3, 0.4) is 0 Å². The van der Waals surface area contributed by atoms with E-state index in [0.717, 1.165) is 0 Å². The van der Waals surface area contributed by atoms with Gasteiger partial charge in [-0.25, -0.2) is 4.99 Å². The fourth-order valence-corrected chi connectivity index (χ4v) is 1.74. The van der Waals surface area contributed by atoms with E-state index in [1.807, 2.05) is 20.0 Å². The number of nitrogens with one attached hydrogen (secondary N) is 2. The van der Waals surface area contributed by atoms with E-state index >= 15 is 0 Å². The SMILES string of the molecule is COc1ccc(N=C(NC#N)SC)c(NC(=O)C(C)C)c1. The zero-order valence-corrected chi connectivity index (χ0v) is 13.2. The largest absolute Gasteiger partial charge is 0.497 e. The van der Waals surface area contributed by atoms with E-state index in [-0.39, 0.29) is 11.8 Å². The normalized spacial score (nSPS) is 11.0. The third kappa shape index (κ3) is 5.00. The number of aliphatic imine (C=N–C) groups is 1. The number of nitrogens with zero attached hydrogens (tertiary/aromatic N) is 2. The highest BCUT2D eigenvalue weighted by molar-refractivity contribution is 8.13. The molecular formula is C14H18N4O2S. The van der Waals surface area contributed by atoms with Gasteiger partial charge in [-0.15, -0.1) is 0 Å². The minimum Gasteiger partial charge on any atom is -0.497 e. The Balaban J connectivity index is 3.18. The van der Waals surface area contributed by atoms with Crippen molar-refractivity contribution in [1.29, 1.82) is 5.26 Å². The lowest BCUT2D eigenvalue weighted by Gasteiger charge is -2.12. The number of thioether (sulfide) groups is 1.